The molecule has 2 unspecified atom stereocenters. The lowest BCUT2D eigenvalue weighted by atomic mass is 9.85. The molecule has 0 bridgehead atoms. The number of fused-ring (bicyclic) bond motifs is 4. The molecule has 4 rings (SSSR count). The van der Waals surface area contributed by atoms with Crippen molar-refractivity contribution in [1.29, 1.82) is 0 Å². The van der Waals surface area contributed by atoms with Gasteiger partial charge in [0.2, 0.25) is 0 Å². The van der Waals surface area contributed by atoms with Crippen LogP contribution in [0.25, 0.3) is 0 Å². The van der Waals surface area contributed by atoms with E-state index in [4.69, 9.17) is 16.3 Å². The van der Waals surface area contributed by atoms with Gasteiger partial charge in [-0.05, 0) is 36.1 Å². The van der Waals surface area contributed by atoms with E-state index in [2.05, 4.69) is 29.6 Å². The van der Waals surface area contributed by atoms with Crippen molar-refractivity contribution in [2.45, 2.75) is 25.0 Å². The number of hydrogen-bond acceptors (Lipinski definition) is 2. The Bertz CT molecular complexity index is 640. The molecule has 1 aliphatic heterocycles. The van der Waals surface area contributed by atoms with Gasteiger partial charge in [-0.3, -0.25) is 0 Å². The highest BCUT2D eigenvalue weighted by molar-refractivity contribution is 6.32. The van der Waals surface area contributed by atoms with Gasteiger partial charge >= 0.3 is 0 Å². The predicted octanol–water partition coefficient (Wildman–Crippen LogP) is 4.20. The summed E-state index contributed by atoms with van der Waals surface area (Å²) in [7, 11) is 0. The van der Waals surface area contributed by atoms with Crippen molar-refractivity contribution in [3.05, 3.63) is 58.6 Å². The van der Waals surface area contributed by atoms with Crippen molar-refractivity contribution in [3.63, 3.8) is 0 Å². The van der Waals surface area contributed by atoms with Crippen LogP contribution in [0.1, 0.15) is 23.7 Å². The van der Waals surface area contributed by atoms with E-state index in [0.717, 1.165) is 24.3 Å². The second kappa shape index (κ2) is 4.17. The molecule has 3 heteroatoms. The van der Waals surface area contributed by atoms with E-state index in [1.54, 1.807) is 0 Å². The molecule has 0 saturated heterocycles. The van der Waals surface area contributed by atoms with Crippen molar-refractivity contribution in [2.24, 2.45) is 0 Å². The molecule has 19 heavy (non-hydrogen) atoms. The molecule has 2 atom stereocenters. The van der Waals surface area contributed by atoms with E-state index < -0.39 is 0 Å². The lowest BCUT2D eigenvalue weighted by Crippen LogP contribution is -2.38. The van der Waals surface area contributed by atoms with Crippen LogP contribution in [0, 0.1) is 0 Å². The molecule has 0 saturated carbocycles. The maximum absolute atomic E-state index is 6.24. The molecule has 1 N–H and O–H groups in total. The zero-order valence-electron chi connectivity index (χ0n) is 10.4. The molecule has 2 aliphatic rings. The van der Waals surface area contributed by atoms with Gasteiger partial charge in [0, 0.05) is 0 Å². The maximum atomic E-state index is 6.24. The van der Waals surface area contributed by atoms with E-state index in [-0.39, 0.29) is 6.10 Å². The van der Waals surface area contributed by atoms with E-state index in [0.29, 0.717) is 11.1 Å². The molecular weight excluding hydrogens is 258 g/mol. The molecule has 0 aromatic heterocycles. The Morgan fingerprint density at radius 1 is 1.11 bits per heavy atom. The van der Waals surface area contributed by atoms with Crippen molar-refractivity contribution in [2.75, 3.05) is 5.32 Å². The van der Waals surface area contributed by atoms with Crippen molar-refractivity contribution in [3.8, 4) is 5.75 Å². The number of rotatable bonds is 0. The van der Waals surface area contributed by atoms with E-state index >= 15 is 0 Å². The number of halogens is 1. The van der Waals surface area contributed by atoms with Crippen LogP contribution in [0.2, 0.25) is 5.02 Å². The third-order valence-corrected chi connectivity index (χ3v) is 4.30. The van der Waals surface area contributed by atoms with Gasteiger partial charge in [-0.25, -0.2) is 0 Å². The van der Waals surface area contributed by atoms with Crippen LogP contribution < -0.4 is 10.1 Å². The van der Waals surface area contributed by atoms with Crippen LogP contribution >= 0.6 is 11.6 Å². The smallest absolute Gasteiger partial charge is 0.162 e. The number of anilines is 1. The van der Waals surface area contributed by atoms with Crippen LogP contribution in [-0.2, 0) is 6.42 Å². The first-order valence-electron chi connectivity index (χ1n) is 6.62. The summed E-state index contributed by atoms with van der Waals surface area (Å²) in [4.78, 5) is 0. The fourth-order valence-electron chi connectivity index (χ4n) is 3.08. The first-order chi connectivity index (χ1) is 9.33. The highest BCUT2D eigenvalue weighted by Gasteiger charge is 2.35. The third kappa shape index (κ3) is 1.71. The average molecular weight is 272 g/mol. The fourth-order valence-corrected chi connectivity index (χ4v) is 3.30. The second-order valence-corrected chi connectivity index (χ2v) is 5.55. The zero-order chi connectivity index (χ0) is 12.8. The molecule has 0 amide bonds. The summed E-state index contributed by atoms with van der Waals surface area (Å²) in [5, 5.41) is 4.24. The molecule has 2 aromatic rings. The molecule has 0 spiro atoms. The Balaban J connectivity index is 1.81. The highest BCUT2D eigenvalue weighted by Crippen LogP contribution is 2.45. The Hall–Kier alpha value is -1.67. The number of benzene rings is 2. The number of para-hydroxylation sites is 1. The lowest BCUT2D eigenvalue weighted by molar-refractivity contribution is 0.158. The molecule has 2 aromatic carbocycles. The largest absolute Gasteiger partial charge is 0.480 e. The summed E-state index contributed by atoms with van der Waals surface area (Å²) >= 11 is 6.24. The van der Waals surface area contributed by atoms with E-state index in [1.807, 2.05) is 18.2 Å². The SMILES string of the molecule is Clc1cccc2c1OC1c3ccccc3CCC1N2. The van der Waals surface area contributed by atoms with Crippen LogP contribution in [0.4, 0.5) is 5.69 Å². The second-order valence-electron chi connectivity index (χ2n) is 5.14. The number of hydrogen-bond donors (Lipinski definition) is 1. The van der Waals surface area contributed by atoms with Gasteiger partial charge in [0.25, 0.3) is 0 Å². The number of ether oxygens (including phenoxy) is 1. The van der Waals surface area contributed by atoms with Gasteiger partial charge in [0.15, 0.2) is 5.75 Å². The molecule has 1 heterocycles. The molecule has 96 valence electrons. The minimum absolute atomic E-state index is 0.0670. The first kappa shape index (κ1) is 11.2. The normalized spacial score (nSPS) is 23.4. The Kier molecular flexibility index (Phi) is 2.46. The zero-order valence-corrected chi connectivity index (χ0v) is 11.2. The summed E-state index contributed by atoms with van der Waals surface area (Å²) in [6, 6.07) is 14.7. The van der Waals surface area contributed by atoms with Gasteiger partial charge in [-0.1, -0.05) is 41.9 Å². The summed E-state index contributed by atoms with van der Waals surface area (Å²) in [5.41, 5.74) is 3.69. The molecule has 2 nitrogen and oxygen atoms in total. The van der Waals surface area contributed by atoms with Crippen LogP contribution in [0.5, 0.6) is 5.75 Å². The van der Waals surface area contributed by atoms with Crippen molar-refractivity contribution in [1.82, 2.24) is 0 Å². The maximum Gasteiger partial charge on any atom is 0.162 e. The summed E-state index contributed by atoms with van der Waals surface area (Å²) in [6.45, 7) is 0. The summed E-state index contributed by atoms with van der Waals surface area (Å²) < 4.78 is 6.20. The number of nitrogens with one attached hydrogen (secondary N) is 1. The van der Waals surface area contributed by atoms with E-state index in [1.165, 1.54) is 11.1 Å². The number of aryl methyl sites for hydroxylation is 1. The molecule has 1 aliphatic carbocycles. The Labute approximate surface area is 117 Å². The minimum atomic E-state index is 0.0670. The molecule has 0 fully saturated rings. The predicted molar refractivity (Wildman–Crippen MR) is 77.0 cm³/mol. The third-order valence-electron chi connectivity index (χ3n) is 4.00. The van der Waals surface area contributed by atoms with Gasteiger partial charge in [0.05, 0.1) is 16.8 Å². The Morgan fingerprint density at radius 3 is 2.95 bits per heavy atom. The van der Waals surface area contributed by atoms with Gasteiger partial charge in [-0.15, -0.1) is 0 Å². The monoisotopic (exact) mass is 271 g/mol. The van der Waals surface area contributed by atoms with Gasteiger partial charge in [-0.2, -0.15) is 0 Å². The summed E-state index contributed by atoms with van der Waals surface area (Å²) in [6.07, 6.45) is 2.26. The topological polar surface area (TPSA) is 21.3 Å². The summed E-state index contributed by atoms with van der Waals surface area (Å²) in [5.74, 6) is 0.780. The highest BCUT2D eigenvalue weighted by atomic mass is 35.5. The van der Waals surface area contributed by atoms with Crippen LogP contribution in [-0.4, -0.2) is 6.04 Å². The van der Waals surface area contributed by atoms with Crippen molar-refractivity contribution < 1.29 is 4.74 Å². The fraction of sp³-hybridized carbons (Fsp3) is 0.250. The van der Waals surface area contributed by atoms with Crippen molar-refractivity contribution >= 4 is 17.3 Å². The average Bonchev–Trinajstić information content (AvgIpc) is 2.46. The van der Waals surface area contributed by atoms with Gasteiger partial charge in [0.1, 0.15) is 6.10 Å². The van der Waals surface area contributed by atoms with Gasteiger partial charge < -0.3 is 10.1 Å². The first-order valence-corrected chi connectivity index (χ1v) is 7.00. The van der Waals surface area contributed by atoms with Crippen LogP contribution in [0.15, 0.2) is 42.5 Å². The van der Waals surface area contributed by atoms with E-state index in [9.17, 15) is 0 Å². The molecule has 0 radical (unpaired) electrons. The Morgan fingerprint density at radius 2 is 2.00 bits per heavy atom. The molecular formula is C16H14ClNO. The quantitative estimate of drug-likeness (QED) is 0.775. The minimum Gasteiger partial charge on any atom is -0.480 e. The van der Waals surface area contributed by atoms with Crippen LogP contribution in [0.3, 0.4) is 0 Å². The standard InChI is InChI=1S/C16H14ClNO/c17-12-6-3-7-13-16(12)19-15-11-5-2-1-4-10(11)8-9-14(15)18-13/h1-7,14-15,18H,8-9H2. The lowest BCUT2D eigenvalue weighted by Gasteiger charge is -2.39.